The lowest BCUT2D eigenvalue weighted by molar-refractivity contribution is -0.289. The van der Waals surface area contributed by atoms with Crippen molar-refractivity contribution in [3.8, 4) is 16.9 Å². The van der Waals surface area contributed by atoms with Crippen LogP contribution in [0.1, 0.15) is 5.56 Å². The van der Waals surface area contributed by atoms with Gasteiger partial charge in [-0.05, 0) is 23.8 Å². The topological polar surface area (TPSA) is 59.7 Å². The molecule has 142 valence electrons. The lowest BCUT2D eigenvalue weighted by Crippen LogP contribution is -2.34. The SMILES string of the molecule is O=c1oc2cc(OCO)ccc2cc1-c1ccccc1C(F)(F)C(F)(F)F. The van der Waals surface area contributed by atoms with Crippen molar-refractivity contribution >= 4 is 11.0 Å². The molecule has 1 heterocycles. The number of aliphatic hydroxyl groups excluding tert-OH is 1. The molecule has 0 bridgehead atoms. The van der Waals surface area contributed by atoms with Crippen LogP contribution in [0.4, 0.5) is 22.0 Å². The highest BCUT2D eigenvalue weighted by Gasteiger charge is 2.59. The van der Waals surface area contributed by atoms with Crippen LogP contribution in [0.3, 0.4) is 0 Å². The first-order valence-corrected chi connectivity index (χ1v) is 7.51. The highest BCUT2D eigenvalue weighted by molar-refractivity contribution is 5.83. The van der Waals surface area contributed by atoms with Gasteiger partial charge in [0.15, 0.2) is 6.79 Å². The Bertz CT molecular complexity index is 1040. The van der Waals surface area contributed by atoms with E-state index in [9.17, 15) is 26.7 Å². The molecular formula is C18H11F5O4. The summed E-state index contributed by atoms with van der Waals surface area (Å²) in [6.45, 7) is -0.617. The molecule has 0 aliphatic rings. The quantitative estimate of drug-likeness (QED) is 0.409. The van der Waals surface area contributed by atoms with Gasteiger partial charge < -0.3 is 14.3 Å². The summed E-state index contributed by atoms with van der Waals surface area (Å²) in [7, 11) is 0. The van der Waals surface area contributed by atoms with Gasteiger partial charge in [-0.25, -0.2) is 4.79 Å². The van der Waals surface area contributed by atoms with Gasteiger partial charge in [0.25, 0.3) is 0 Å². The van der Waals surface area contributed by atoms with Crippen molar-refractivity contribution in [3.63, 3.8) is 0 Å². The zero-order valence-electron chi connectivity index (χ0n) is 13.4. The smallest absolute Gasteiger partial charge is 0.458 e. The Labute approximate surface area is 148 Å². The third kappa shape index (κ3) is 3.37. The Balaban J connectivity index is 2.21. The molecule has 1 aromatic heterocycles. The molecule has 0 unspecified atom stereocenters. The summed E-state index contributed by atoms with van der Waals surface area (Å²) in [6, 6.07) is 9.16. The van der Waals surface area contributed by atoms with Gasteiger partial charge in [0, 0.05) is 17.0 Å². The van der Waals surface area contributed by atoms with Crippen molar-refractivity contribution in [2.75, 3.05) is 6.79 Å². The van der Waals surface area contributed by atoms with Crippen LogP contribution in [-0.2, 0) is 5.92 Å². The van der Waals surface area contributed by atoms with Gasteiger partial charge in [-0.15, -0.1) is 0 Å². The molecule has 4 nitrogen and oxygen atoms in total. The van der Waals surface area contributed by atoms with Crippen molar-refractivity contribution in [3.05, 3.63) is 64.5 Å². The van der Waals surface area contributed by atoms with Gasteiger partial charge in [-0.2, -0.15) is 22.0 Å². The van der Waals surface area contributed by atoms with E-state index in [1.807, 2.05) is 0 Å². The van der Waals surface area contributed by atoms with Crippen molar-refractivity contribution < 1.29 is 36.2 Å². The summed E-state index contributed by atoms with van der Waals surface area (Å²) in [5.41, 5.74) is -3.42. The third-order valence-corrected chi connectivity index (χ3v) is 3.85. The highest BCUT2D eigenvalue weighted by Crippen LogP contribution is 2.46. The molecule has 1 N–H and O–H groups in total. The molecule has 27 heavy (non-hydrogen) atoms. The molecule has 3 aromatic rings. The molecule has 0 amide bonds. The monoisotopic (exact) mass is 386 g/mol. The Hall–Kier alpha value is -2.94. The van der Waals surface area contributed by atoms with Crippen molar-refractivity contribution in [2.45, 2.75) is 12.1 Å². The molecule has 0 fully saturated rings. The maximum Gasteiger partial charge on any atom is 0.458 e. The number of aliphatic hydroxyl groups is 1. The van der Waals surface area contributed by atoms with Crippen molar-refractivity contribution in [2.24, 2.45) is 0 Å². The summed E-state index contributed by atoms with van der Waals surface area (Å²) >= 11 is 0. The number of ether oxygens (including phenoxy) is 1. The number of hydrogen-bond acceptors (Lipinski definition) is 4. The van der Waals surface area contributed by atoms with E-state index < -0.39 is 41.2 Å². The molecule has 0 radical (unpaired) electrons. The number of alkyl halides is 5. The first kappa shape index (κ1) is 18.8. The number of fused-ring (bicyclic) bond motifs is 1. The summed E-state index contributed by atoms with van der Waals surface area (Å²) in [4.78, 5) is 12.2. The van der Waals surface area contributed by atoms with Gasteiger partial charge in [0.1, 0.15) is 11.3 Å². The summed E-state index contributed by atoms with van der Waals surface area (Å²) in [6.07, 6.45) is -5.82. The van der Waals surface area contributed by atoms with E-state index in [0.29, 0.717) is 6.07 Å². The second-order valence-corrected chi connectivity index (χ2v) is 5.54. The van der Waals surface area contributed by atoms with E-state index in [1.165, 1.54) is 24.3 Å². The third-order valence-electron chi connectivity index (χ3n) is 3.85. The second kappa shape index (κ2) is 6.66. The summed E-state index contributed by atoms with van der Waals surface area (Å²) in [5.74, 6) is -4.96. The standard InChI is InChI=1S/C18H11F5O4/c19-17(20,18(21,22)23)14-4-2-1-3-12(14)13-7-10-5-6-11(26-9-24)8-15(10)27-16(13)25/h1-8,24H,9H2. The molecule has 0 atom stereocenters. The average molecular weight is 386 g/mol. The highest BCUT2D eigenvalue weighted by atomic mass is 19.4. The van der Waals surface area contributed by atoms with Crippen LogP contribution in [-0.4, -0.2) is 18.1 Å². The van der Waals surface area contributed by atoms with E-state index in [2.05, 4.69) is 0 Å². The Morgan fingerprint density at radius 3 is 2.33 bits per heavy atom. The molecule has 2 aromatic carbocycles. The fourth-order valence-corrected chi connectivity index (χ4v) is 2.59. The maximum absolute atomic E-state index is 13.9. The van der Waals surface area contributed by atoms with Crippen LogP contribution in [0.25, 0.3) is 22.1 Å². The number of halogens is 5. The number of rotatable bonds is 4. The van der Waals surface area contributed by atoms with E-state index in [-0.39, 0.29) is 16.7 Å². The van der Waals surface area contributed by atoms with Crippen LogP contribution in [0, 0.1) is 0 Å². The van der Waals surface area contributed by atoms with Gasteiger partial charge >= 0.3 is 17.7 Å². The largest absolute Gasteiger partial charge is 0.468 e. The van der Waals surface area contributed by atoms with Crippen LogP contribution in [0.5, 0.6) is 5.75 Å². The first-order valence-electron chi connectivity index (χ1n) is 7.51. The molecule has 0 saturated carbocycles. The average Bonchev–Trinajstić information content (AvgIpc) is 2.60. The normalized spacial score (nSPS) is 12.4. The Morgan fingerprint density at radius 2 is 1.67 bits per heavy atom. The first-order chi connectivity index (χ1) is 12.6. The fourth-order valence-electron chi connectivity index (χ4n) is 2.59. The van der Waals surface area contributed by atoms with Crippen molar-refractivity contribution in [1.29, 1.82) is 0 Å². The maximum atomic E-state index is 13.9. The van der Waals surface area contributed by atoms with E-state index in [1.54, 1.807) is 0 Å². The second-order valence-electron chi connectivity index (χ2n) is 5.54. The Kier molecular flexibility index (Phi) is 4.64. The minimum atomic E-state index is -5.82. The summed E-state index contributed by atoms with van der Waals surface area (Å²) in [5, 5.41) is 9.01. The van der Waals surface area contributed by atoms with Crippen molar-refractivity contribution in [1.82, 2.24) is 0 Å². The summed E-state index contributed by atoms with van der Waals surface area (Å²) < 4.78 is 76.1. The van der Waals surface area contributed by atoms with Gasteiger partial charge in [-0.1, -0.05) is 24.3 Å². The van der Waals surface area contributed by atoms with Gasteiger partial charge in [0.05, 0.1) is 5.56 Å². The van der Waals surface area contributed by atoms with Crippen LogP contribution < -0.4 is 10.4 Å². The minimum Gasteiger partial charge on any atom is -0.468 e. The van der Waals surface area contributed by atoms with Crippen LogP contribution in [0.2, 0.25) is 0 Å². The fraction of sp³-hybridized carbons (Fsp3) is 0.167. The molecule has 3 rings (SSSR count). The lowest BCUT2D eigenvalue weighted by Gasteiger charge is -2.22. The van der Waals surface area contributed by atoms with Crippen LogP contribution in [0.15, 0.2) is 57.7 Å². The molecule has 0 spiro atoms. The zero-order valence-corrected chi connectivity index (χ0v) is 13.4. The van der Waals surface area contributed by atoms with E-state index in [0.717, 1.165) is 18.2 Å². The number of hydrogen-bond donors (Lipinski definition) is 1. The molecule has 0 saturated heterocycles. The zero-order chi connectivity index (χ0) is 19.8. The lowest BCUT2D eigenvalue weighted by atomic mass is 9.95. The predicted molar refractivity (Wildman–Crippen MR) is 85.6 cm³/mol. The van der Waals surface area contributed by atoms with Gasteiger partial charge in [-0.3, -0.25) is 0 Å². The molecule has 0 aliphatic heterocycles. The molecular weight excluding hydrogens is 375 g/mol. The number of benzene rings is 2. The van der Waals surface area contributed by atoms with E-state index in [4.69, 9.17) is 14.3 Å². The van der Waals surface area contributed by atoms with Crippen LogP contribution >= 0.6 is 0 Å². The molecule has 9 heteroatoms. The Morgan fingerprint density at radius 1 is 0.963 bits per heavy atom. The predicted octanol–water partition coefficient (Wildman–Crippen LogP) is 4.44. The van der Waals surface area contributed by atoms with Gasteiger partial charge in [0.2, 0.25) is 0 Å². The molecule has 0 aliphatic carbocycles. The minimum absolute atomic E-state index is 0.0229. The van der Waals surface area contributed by atoms with E-state index >= 15 is 0 Å².